The Labute approximate surface area is 134 Å². The van der Waals surface area contributed by atoms with Crippen molar-refractivity contribution in [1.82, 2.24) is 14.9 Å². The van der Waals surface area contributed by atoms with Gasteiger partial charge in [0.2, 0.25) is 5.91 Å². The first-order valence-electron chi connectivity index (χ1n) is 7.41. The van der Waals surface area contributed by atoms with E-state index in [0.29, 0.717) is 16.7 Å². The van der Waals surface area contributed by atoms with Crippen LogP contribution in [0.4, 0.5) is 5.82 Å². The number of anilines is 1. The van der Waals surface area contributed by atoms with Crippen molar-refractivity contribution in [3.8, 4) is 0 Å². The van der Waals surface area contributed by atoms with Crippen LogP contribution in [-0.4, -0.2) is 55.1 Å². The summed E-state index contributed by atoms with van der Waals surface area (Å²) in [4.78, 5) is 22.4. The Bertz CT molecular complexity index is 845. The van der Waals surface area contributed by atoms with Gasteiger partial charge in [0.25, 0.3) is 0 Å². The smallest absolute Gasteiger partial charge is 0.241 e. The third-order valence-corrected chi connectivity index (χ3v) is 5.01. The monoisotopic (exact) mass is 334 g/mol. The van der Waals surface area contributed by atoms with Gasteiger partial charge >= 0.3 is 0 Å². The molecule has 122 valence electrons. The summed E-state index contributed by atoms with van der Waals surface area (Å²) in [6.07, 6.45) is 4.63. The number of nitrogens with zero attached hydrogens (tertiary/aromatic N) is 3. The molecule has 1 N–H and O–H groups in total. The van der Waals surface area contributed by atoms with Crippen LogP contribution >= 0.6 is 0 Å². The molecule has 0 radical (unpaired) electrons. The molecule has 8 heteroatoms. The van der Waals surface area contributed by atoms with Gasteiger partial charge in [-0.1, -0.05) is 0 Å². The summed E-state index contributed by atoms with van der Waals surface area (Å²) in [5, 5.41) is 3.59. The number of sulfone groups is 1. The van der Waals surface area contributed by atoms with Crippen molar-refractivity contribution in [2.45, 2.75) is 17.7 Å². The summed E-state index contributed by atoms with van der Waals surface area (Å²) in [5.74, 6) is 0.488. The number of rotatable bonds is 4. The highest BCUT2D eigenvalue weighted by molar-refractivity contribution is 7.90. The number of amides is 1. The maximum absolute atomic E-state index is 12.1. The number of aromatic nitrogens is 2. The minimum absolute atomic E-state index is 0.0218. The number of likely N-dealkylation sites (tertiary alicyclic amines) is 1. The summed E-state index contributed by atoms with van der Waals surface area (Å²) in [5.41, 5.74) is 0.628. The van der Waals surface area contributed by atoms with Gasteiger partial charge in [0.05, 0.1) is 17.0 Å². The largest absolute Gasteiger partial charge is 0.360 e. The molecular weight excluding hydrogens is 316 g/mol. The molecule has 0 saturated carbocycles. The van der Waals surface area contributed by atoms with Gasteiger partial charge in [-0.05, 0) is 31.0 Å². The molecule has 3 rings (SSSR count). The number of nitrogens with one attached hydrogen (secondary N) is 1. The molecule has 2 aromatic rings. The molecule has 1 saturated heterocycles. The normalized spacial score (nSPS) is 15.1. The molecule has 7 nitrogen and oxygen atoms in total. The zero-order valence-electron chi connectivity index (χ0n) is 12.8. The van der Waals surface area contributed by atoms with Gasteiger partial charge < -0.3 is 10.2 Å². The van der Waals surface area contributed by atoms with Crippen LogP contribution in [0.3, 0.4) is 0 Å². The standard InChI is InChI=1S/C15H18N4O3S/c1-23(21,22)11-4-5-13-12(8-11)15(18-10-17-13)16-9-14(20)19-6-2-3-7-19/h4-5,8,10H,2-3,6-7,9H2,1H3,(H,16,17,18). The summed E-state index contributed by atoms with van der Waals surface area (Å²) in [7, 11) is -3.31. The fraction of sp³-hybridized carbons (Fsp3) is 0.400. The first kappa shape index (κ1) is 15.7. The minimum Gasteiger partial charge on any atom is -0.360 e. The molecule has 1 amide bonds. The highest BCUT2D eigenvalue weighted by atomic mass is 32.2. The SMILES string of the molecule is CS(=O)(=O)c1ccc2ncnc(NCC(=O)N3CCCC3)c2c1. The molecule has 1 aromatic carbocycles. The fourth-order valence-corrected chi connectivity index (χ4v) is 3.29. The second kappa shape index (κ2) is 6.11. The quantitative estimate of drug-likeness (QED) is 0.899. The van der Waals surface area contributed by atoms with E-state index in [0.717, 1.165) is 32.2 Å². The van der Waals surface area contributed by atoms with E-state index in [1.807, 2.05) is 4.90 Å². The van der Waals surface area contributed by atoms with Crippen molar-refractivity contribution in [3.63, 3.8) is 0 Å². The number of fused-ring (bicyclic) bond motifs is 1. The summed E-state index contributed by atoms with van der Waals surface area (Å²) in [6, 6.07) is 4.69. The molecule has 0 unspecified atom stereocenters. The lowest BCUT2D eigenvalue weighted by molar-refractivity contribution is -0.128. The van der Waals surface area contributed by atoms with E-state index in [9.17, 15) is 13.2 Å². The lowest BCUT2D eigenvalue weighted by Crippen LogP contribution is -2.33. The van der Waals surface area contributed by atoms with Gasteiger partial charge in [0.1, 0.15) is 12.1 Å². The Morgan fingerprint density at radius 2 is 2.00 bits per heavy atom. The van der Waals surface area contributed by atoms with E-state index in [2.05, 4.69) is 15.3 Å². The van der Waals surface area contributed by atoms with E-state index in [4.69, 9.17) is 0 Å². The van der Waals surface area contributed by atoms with Crippen LogP contribution in [0.2, 0.25) is 0 Å². The minimum atomic E-state index is -3.31. The van der Waals surface area contributed by atoms with E-state index in [1.165, 1.54) is 18.5 Å². The summed E-state index contributed by atoms with van der Waals surface area (Å²) in [6.45, 7) is 1.72. The van der Waals surface area contributed by atoms with Crippen LogP contribution in [0.5, 0.6) is 0 Å². The van der Waals surface area contributed by atoms with Gasteiger partial charge in [-0.3, -0.25) is 4.79 Å². The van der Waals surface area contributed by atoms with Crippen LogP contribution in [0, 0.1) is 0 Å². The fourth-order valence-electron chi connectivity index (χ4n) is 2.64. The van der Waals surface area contributed by atoms with Crippen LogP contribution in [0.15, 0.2) is 29.4 Å². The van der Waals surface area contributed by atoms with Crippen LogP contribution in [0.1, 0.15) is 12.8 Å². The third kappa shape index (κ3) is 3.42. The van der Waals surface area contributed by atoms with Gasteiger partial charge in [-0.2, -0.15) is 0 Å². The number of carbonyl (C=O) groups excluding carboxylic acids is 1. The highest BCUT2D eigenvalue weighted by Crippen LogP contribution is 2.23. The van der Waals surface area contributed by atoms with Crippen molar-refractivity contribution >= 4 is 32.5 Å². The highest BCUT2D eigenvalue weighted by Gasteiger charge is 2.18. The van der Waals surface area contributed by atoms with Gasteiger partial charge in [-0.25, -0.2) is 18.4 Å². The number of benzene rings is 1. The molecule has 0 bridgehead atoms. The molecule has 0 aliphatic carbocycles. The zero-order chi connectivity index (χ0) is 16.4. The second-order valence-corrected chi connectivity index (χ2v) is 7.63. The Kier molecular flexibility index (Phi) is 4.16. The van der Waals surface area contributed by atoms with E-state index >= 15 is 0 Å². The maximum atomic E-state index is 12.1. The molecule has 2 heterocycles. The van der Waals surface area contributed by atoms with Crippen LogP contribution in [-0.2, 0) is 14.6 Å². The topological polar surface area (TPSA) is 92.3 Å². The van der Waals surface area contributed by atoms with Crippen LogP contribution in [0.25, 0.3) is 10.9 Å². The number of hydrogen-bond donors (Lipinski definition) is 1. The number of hydrogen-bond acceptors (Lipinski definition) is 6. The van der Waals surface area contributed by atoms with E-state index in [1.54, 1.807) is 6.07 Å². The van der Waals surface area contributed by atoms with Crippen molar-refractivity contribution < 1.29 is 13.2 Å². The van der Waals surface area contributed by atoms with Crippen molar-refractivity contribution in [3.05, 3.63) is 24.5 Å². The van der Waals surface area contributed by atoms with Crippen molar-refractivity contribution in [1.29, 1.82) is 0 Å². The van der Waals surface area contributed by atoms with Crippen LogP contribution < -0.4 is 5.32 Å². The van der Waals surface area contributed by atoms with E-state index < -0.39 is 9.84 Å². The zero-order valence-corrected chi connectivity index (χ0v) is 13.6. The van der Waals surface area contributed by atoms with Crippen molar-refractivity contribution in [2.75, 3.05) is 31.2 Å². The third-order valence-electron chi connectivity index (χ3n) is 3.90. The average molecular weight is 334 g/mol. The molecular formula is C15H18N4O3S. The molecule has 0 spiro atoms. The molecule has 0 atom stereocenters. The lowest BCUT2D eigenvalue weighted by atomic mass is 10.2. The van der Waals surface area contributed by atoms with E-state index in [-0.39, 0.29) is 17.3 Å². The van der Waals surface area contributed by atoms with Gasteiger partial charge in [0, 0.05) is 24.7 Å². The molecule has 1 aromatic heterocycles. The summed E-state index contributed by atoms with van der Waals surface area (Å²) < 4.78 is 23.4. The Morgan fingerprint density at radius 1 is 1.26 bits per heavy atom. The molecule has 23 heavy (non-hydrogen) atoms. The van der Waals surface area contributed by atoms with Gasteiger partial charge in [0.15, 0.2) is 9.84 Å². The predicted molar refractivity (Wildman–Crippen MR) is 87.0 cm³/mol. The molecule has 1 fully saturated rings. The first-order chi connectivity index (χ1) is 10.9. The Morgan fingerprint density at radius 3 is 2.70 bits per heavy atom. The Hall–Kier alpha value is -2.22. The second-order valence-electron chi connectivity index (χ2n) is 5.61. The van der Waals surface area contributed by atoms with Crippen molar-refractivity contribution in [2.24, 2.45) is 0 Å². The first-order valence-corrected chi connectivity index (χ1v) is 9.31. The average Bonchev–Trinajstić information content (AvgIpc) is 3.05. The maximum Gasteiger partial charge on any atom is 0.241 e. The lowest BCUT2D eigenvalue weighted by Gasteiger charge is -2.16. The molecule has 1 aliphatic heterocycles. The molecule has 1 aliphatic rings. The Balaban J connectivity index is 1.86. The van der Waals surface area contributed by atoms with Gasteiger partial charge in [-0.15, -0.1) is 0 Å². The summed E-state index contributed by atoms with van der Waals surface area (Å²) >= 11 is 0. The predicted octanol–water partition coefficient (Wildman–Crippen LogP) is 1.07. The number of carbonyl (C=O) groups is 1.